The van der Waals surface area contributed by atoms with E-state index in [4.69, 9.17) is 0 Å². The number of halogens is 1. The minimum atomic E-state index is -0.231. The van der Waals surface area contributed by atoms with Crippen molar-refractivity contribution < 1.29 is 9.18 Å². The van der Waals surface area contributed by atoms with E-state index in [9.17, 15) is 9.18 Å². The van der Waals surface area contributed by atoms with Gasteiger partial charge in [-0.25, -0.2) is 9.37 Å². The van der Waals surface area contributed by atoms with Crippen LogP contribution in [0.3, 0.4) is 0 Å². The lowest BCUT2D eigenvalue weighted by atomic mass is 9.97. The highest BCUT2D eigenvalue weighted by atomic mass is 32.1. The molecule has 1 aliphatic rings. The fourth-order valence-corrected chi connectivity index (χ4v) is 4.67. The molecule has 3 aromatic rings. The summed E-state index contributed by atoms with van der Waals surface area (Å²) in [5.74, 6) is 1.06. The number of benzene rings is 1. The Labute approximate surface area is 171 Å². The molecular weight excluding hydrogens is 395 g/mol. The van der Waals surface area contributed by atoms with Gasteiger partial charge in [0.25, 0.3) is 5.91 Å². The summed E-state index contributed by atoms with van der Waals surface area (Å²) < 4.78 is 17.5. The molecule has 0 atom stereocenters. The fraction of sp³-hybridized carbons (Fsp3) is 0.350. The second-order valence-electron chi connectivity index (χ2n) is 6.91. The normalized spacial score (nSPS) is 15.0. The van der Waals surface area contributed by atoms with Gasteiger partial charge in [0, 0.05) is 37.6 Å². The van der Waals surface area contributed by atoms with Gasteiger partial charge < -0.3 is 10.2 Å². The van der Waals surface area contributed by atoms with Crippen LogP contribution in [-0.2, 0) is 6.42 Å². The number of amides is 1. The fourth-order valence-electron chi connectivity index (χ4n) is 3.29. The zero-order chi connectivity index (χ0) is 19.3. The van der Waals surface area contributed by atoms with Crippen LogP contribution < -0.4 is 10.2 Å². The van der Waals surface area contributed by atoms with Crippen molar-refractivity contribution in [3.05, 3.63) is 63.9 Å². The van der Waals surface area contributed by atoms with E-state index in [2.05, 4.69) is 19.6 Å². The van der Waals surface area contributed by atoms with E-state index in [1.807, 2.05) is 17.5 Å². The van der Waals surface area contributed by atoms with E-state index in [0.717, 1.165) is 53.9 Å². The number of carbonyl (C=O) groups excluding carboxylic acids is 1. The molecule has 0 radical (unpaired) electrons. The van der Waals surface area contributed by atoms with Crippen LogP contribution in [0.25, 0.3) is 0 Å². The van der Waals surface area contributed by atoms with Crippen LogP contribution in [0, 0.1) is 11.7 Å². The predicted octanol–water partition coefficient (Wildman–Crippen LogP) is 3.98. The van der Waals surface area contributed by atoms with Crippen molar-refractivity contribution in [2.45, 2.75) is 19.3 Å². The molecule has 0 aliphatic carbocycles. The zero-order valence-electron chi connectivity index (χ0n) is 15.3. The van der Waals surface area contributed by atoms with Gasteiger partial charge in [-0.15, -0.1) is 11.3 Å². The largest absolute Gasteiger partial charge is 0.351 e. The molecule has 0 spiro atoms. The van der Waals surface area contributed by atoms with Crippen LogP contribution in [0.5, 0.6) is 0 Å². The third kappa shape index (κ3) is 4.74. The maximum atomic E-state index is 13.0. The molecule has 5 nitrogen and oxygen atoms in total. The van der Waals surface area contributed by atoms with Gasteiger partial charge in [-0.05, 0) is 47.9 Å². The number of rotatable bonds is 6. The minimum absolute atomic E-state index is 0.0204. The van der Waals surface area contributed by atoms with Crippen LogP contribution in [0.1, 0.15) is 33.9 Å². The van der Waals surface area contributed by atoms with E-state index in [1.54, 1.807) is 12.1 Å². The minimum Gasteiger partial charge on any atom is -0.351 e. The van der Waals surface area contributed by atoms with E-state index >= 15 is 0 Å². The van der Waals surface area contributed by atoms with Crippen molar-refractivity contribution >= 4 is 33.9 Å². The van der Waals surface area contributed by atoms with Gasteiger partial charge >= 0.3 is 0 Å². The van der Waals surface area contributed by atoms with Gasteiger partial charge in [0.05, 0.1) is 4.88 Å². The Morgan fingerprint density at radius 2 is 2.00 bits per heavy atom. The van der Waals surface area contributed by atoms with Gasteiger partial charge in [-0.2, -0.15) is 4.37 Å². The Hall–Kier alpha value is -2.32. The highest BCUT2D eigenvalue weighted by Crippen LogP contribution is 2.25. The smallest absolute Gasteiger partial charge is 0.261 e. The number of hydrogen-bond acceptors (Lipinski definition) is 6. The average Bonchev–Trinajstić information content (AvgIpc) is 3.41. The second kappa shape index (κ2) is 8.79. The molecule has 4 rings (SSSR count). The Morgan fingerprint density at radius 3 is 2.71 bits per heavy atom. The maximum Gasteiger partial charge on any atom is 0.261 e. The summed E-state index contributed by atoms with van der Waals surface area (Å²) in [5.41, 5.74) is 1.01. The Balaban J connectivity index is 1.25. The Morgan fingerprint density at radius 1 is 1.21 bits per heavy atom. The quantitative estimate of drug-likeness (QED) is 0.660. The number of carbonyl (C=O) groups is 1. The summed E-state index contributed by atoms with van der Waals surface area (Å²) in [4.78, 5) is 19.7. The molecule has 1 fully saturated rings. The first kappa shape index (κ1) is 19.0. The molecule has 1 aliphatic heterocycles. The first-order chi connectivity index (χ1) is 13.7. The summed E-state index contributed by atoms with van der Waals surface area (Å²) in [7, 11) is 0. The first-order valence-electron chi connectivity index (χ1n) is 9.31. The van der Waals surface area contributed by atoms with Gasteiger partial charge in [0.15, 0.2) is 0 Å². The molecule has 8 heteroatoms. The summed E-state index contributed by atoms with van der Waals surface area (Å²) in [5, 5.41) is 5.90. The van der Waals surface area contributed by atoms with Gasteiger partial charge in [0.2, 0.25) is 5.13 Å². The number of aromatic nitrogens is 2. The number of anilines is 1. The van der Waals surface area contributed by atoms with Crippen molar-refractivity contribution in [2.75, 3.05) is 24.5 Å². The molecule has 1 saturated heterocycles. The standard InChI is InChI=1S/C20H21FN4OS2/c21-16-5-3-14(4-6-16)12-18-23-20(28-24-18)25-9-7-15(8-10-25)13-22-19(26)17-2-1-11-27-17/h1-6,11,15H,7-10,12-13H2,(H,22,26). The Bertz CT molecular complexity index is 903. The van der Waals surface area contributed by atoms with Crippen LogP contribution in [-0.4, -0.2) is 34.9 Å². The summed E-state index contributed by atoms with van der Waals surface area (Å²) in [6.45, 7) is 2.56. The van der Waals surface area contributed by atoms with Crippen LogP contribution in [0.4, 0.5) is 9.52 Å². The number of piperidine rings is 1. The van der Waals surface area contributed by atoms with Gasteiger partial charge in [0.1, 0.15) is 11.6 Å². The highest BCUT2D eigenvalue weighted by Gasteiger charge is 2.22. The lowest BCUT2D eigenvalue weighted by molar-refractivity contribution is 0.0949. The highest BCUT2D eigenvalue weighted by molar-refractivity contribution is 7.12. The summed E-state index contributed by atoms with van der Waals surface area (Å²) >= 11 is 2.88. The third-order valence-electron chi connectivity index (χ3n) is 4.91. The summed E-state index contributed by atoms with van der Waals surface area (Å²) in [6, 6.07) is 10.2. The van der Waals surface area contributed by atoms with Crippen molar-refractivity contribution in [1.29, 1.82) is 0 Å². The maximum absolute atomic E-state index is 13.0. The molecule has 28 heavy (non-hydrogen) atoms. The van der Waals surface area contributed by atoms with Crippen LogP contribution in [0.15, 0.2) is 41.8 Å². The van der Waals surface area contributed by atoms with E-state index < -0.39 is 0 Å². The molecule has 0 saturated carbocycles. The molecule has 0 bridgehead atoms. The number of nitrogens with one attached hydrogen (secondary N) is 1. The van der Waals surface area contributed by atoms with Crippen molar-refractivity contribution in [2.24, 2.45) is 5.92 Å². The molecule has 1 aromatic carbocycles. The average molecular weight is 417 g/mol. The SMILES string of the molecule is O=C(NCC1CCN(c2nc(Cc3ccc(F)cc3)ns2)CC1)c1cccs1. The van der Waals surface area contributed by atoms with Crippen LogP contribution in [0.2, 0.25) is 0 Å². The molecule has 2 aromatic heterocycles. The van der Waals surface area contributed by atoms with Gasteiger partial charge in [-0.3, -0.25) is 4.79 Å². The lowest BCUT2D eigenvalue weighted by Gasteiger charge is -2.31. The number of nitrogens with zero attached hydrogens (tertiary/aromatic N) is 3. The van der Waals surface area contributed by atoms with Crippen molar-refractivity contribution in [1.82, 2.24) is 14.7 Å². The van der Waals surface area contributed by atoms with Crippen molar-refractivity contribution in [3.63, 3.8) is 0 Å². The molecule has 1 amide bonds. The molecule has 1 N–H and O–H groups in total. The van der Waals surface area contributed by atoms with E-state index in [1.165, 1.54) is 35.0 Å². The monoisotopic (exact) mass is 416 g/mol. The first-order valence-corrected chi connectivity index (χ1v) is 11.0. The second-order valence-corrected chi connectivity index (χ2v) is 8.59. The third-order valence-corrected chi connectivity index (χ3v) is 6.60. The Kier molecular flexibility index (Phi) is 5.97. The predicted molar refractivity (Wildman–Crippen MR) is 111 cm³/mol. The molecular formula is C20H21FN4OS2. The lowest BCUT2D eigenvalue weighted by Crippen LogP contribution is -2.38. The number of thiophene rings is 1. The van der Waals surface area contributed by atoms with E-state index in [0.29, 0.717) is 12.3 Å². The molecule has 0 unspecified atom stereocenters. The number of hydrogen-bond donors (Lipinski definition) is 1. The summed E-state index contributed by atoms with van der Waals surface area (Å²) in [6.07, 6.45) is 2.66. The van der Waals surface area contributed by atoms with Crippen LogP contribution >= 0.6 is 22.9 Å². The zero-order valence-corrected chi connectivity index (χ0v) is 16.9. The molecule has 3 heterocycles. The van der Waals surface area contributed by atoms with E-state index in [-0.39, 0.29) is 11.7 Å². The topological polar surface area (TPSA) is 58.1 Å². The van der Waals surface area contributed by atoms with Gasteiger partial charge in [-0.1, -0.05) is 18.2 Å². The molecule has 146 valence electrons. The van der Waals surface area contributed by atoms with Crippen molar-refractivity contribution in [3.8, 4) is 0 Å².